The maximum Gasteiger partial charge on any atom is 0.305 e. The average Bonchev–Trinajstić information content (AvgIpc) is 3.23. The second-order valence-electron chi connectivity index (χ2n) is 12.1. The summed E-state index contributed by atoms with van der Waals surface area (Å²) < 4.78 is 37.8. The molecule has 1 saturated heterocycles. The van der Waals surface area contributed by atoms with E-state index in [0.717, 1.165) is 43.3 Å². The van der Waals surface area contributed by atoms with Crippen molar-refractivity contribution < 1.29 is 38.0 Å². The van der Waals surface area contributed by atoms with Crippen LogP contribution in [0.2, 0.25) is 0 Å². The van der Waals surface area contributed by atoms with Crippen molar-refractivity contribution in [1.82, 2.24) is 0 Å². The lowest BCUT2D eigenvalue weighted by molar-refractivity contribution is -0.289. The Morgan fingerprint density at radius 3 is 2.27 bits per heavy atom. The molecular formula is C33H52O8. The topological polar surface area (TPSA) is 89.5 Å². The quantitative estimate of drug-likeness (QED) is 0.103. The molecule has 8 nitrogen and oxygen atoms in total. The molecule has 1 unspecified atom stereocenters. The summed E-state index contributed by atoms with van der Waals surface area (Å²) in [5.74, 6) is -0.991. The van der Waals surface area contributed by atoms with Gasteiger partial charge in [-0.15, -0.1) is 0 Å². The number of esters is 2. The highest BCUT2D eigenvalue weighted by molar-refractivity contribution is 5.67. The minimum atomic E-state index is -0.989. The fourth-order valence-corrected chi connectivity index (χ4v) is 7.11. The van der Waals surface area contributed by atoms with Gasteiger partial charge in [0.15, 0.2) is 6.29 Å². The van der Waals surface area contributed by atoms with Crippen molar-refractivity contribution in [1.29, 1.82) is 0 Å². The van der Waals surface area contributed by atoms with Crippen LogP contribution in [0.3, 0.4) is 0 Å². The molecule has 0 aromatic carbocycles. The summed E-state index contributed by atoms with van der Waals surface area (Å²) in [5, 5.41) is 0. The van der Waals surface area contributed by atoms with Crippen LogP contribution in [0.1, 0.15) is 87.0 Å². The van der Waals surface area contributed by atoms with Crippen molar-refractivity contribution >= 4 is 11.9 Å². The predicted octanol–water partition coefficient (Wildman–Crippen LogP) is 6.29. The van der Waals surface area contributed by atoms with Gasteiger partial charge in [0.05, 0.1) is 17.6 Å². The molecule has 3 rings (SSSR count). The van der Waals surface area contributed by atoms with Crippen molar-refractivity contribution in [2.75, 3.05) is 20.3 Å². The third kappa shape index (κ3) is 6.66. The van der Waals surface area contributed by atoms with Crippen LogP contribution >= 0.6 is 0 Å². The molecule has 1 heterocycles. The number of carbonyl (C=O) groups excluding carboxylic acids is 2. The summed E-state index contributed by atoms with van der Waals surface area (Å²) in [6.45, 7) is 18.5. The maximum atomic E-state index is 12.8. The predicted molar refractivity (Wildman–Crippen MR) is 157 cm³/mol. The lowest BCUT2D eigenvalue weighted by Gasteiger charge is -2.63. The molecular weight excluding hydrogens is 524 g/mol. The number of methoxy groups -OCH3 is 1. The molecule has 2 fully saturated rings. The molecule has 2 aliphatic carbocycles. The number of allylic oxidation sites excluding steroid dienone is 3. The summed E-state index contributed by atoms with van der Waals surface area (Å²) in [6, 6.07) is 0. The van der Waals surface area contributed by atoms with E-state index in [-0.39, 0.29) is 23.4 Å². The summed E-state index contributed by atoms with van der Waals surface area (Å²) in [7, 11) is 1.69. The highest BCUT2D eigenvalue weighted by atomic mass is 16.8. The highest BCUT2D eigenvalue weighted by Gasteiger charge is 2.74. The lowest BCUT2D eigenvalue weighted by atomic mass is 9.44. The Hall–Kier alpha value is -2.00. The number of carbonyl (C=O) groups is 2. The van der Waals surface area contributed by atoms with Crippen LogP contribution in [-0.2, 0) is 38.0 Å². The SMILES string of the molecule is C=C/C(C)=C\C[C@]1(C)[C@H](C)[C@@H](OCCCC)[C@H](OC(C)=O)C23C(=C[C@H](OC)C[C@H]21)[C@@H](OC(C)=O)O[C@H]3OCCCC. The Balaban J connectivity index is 2.34. The monoisotopic (exact) mass is 576 g/mol. The van der Waals surface area contributed by atoms with Crippen molar-refractivity contribution in [3.8, 4) is 0 Å². The highest BCUT2D eigenvalue weighted by Crippen LogP contribution is 2.68. The molecule has 0 aromatic rings. The van der Waals surface area contributed by atoms with Gasteiger partial charge in [0.1, 0.15) is 6.10 Å². The number of unbranched alkanes of at least 4 members (excludes halogenated alkanes) is 2. The molecule has 1 saturated carbocycles. The molecule has 41 heavy (non-hydrogen) atoms. The van der Waals surface area contributed by atoms with Gasteiger partial charge in [0.25, 0.3) is 0 Å². The number of hydrogen-bond donors (Lipinski definition) is 0. The zero-order valence-electron chi connectivity index (χ0n) is 26.4. The third-order valence-corrected chi connectivity index (χ3v) is 9.53. The van der Waals surface area contributed by atoms with Crippen LogP contribution in [0.15, 0.2) is 36.0 Å². The summed E-state index contributed by atoms with van der Waals surface area (Å²) in [4.78, 5) is 25.1. The summed E-state index contributed by atoms with van der Waals surface area (Å²) >= 11 is 0. The maximum absolute atomic E-state index is 12.8. The van der Waals surface area contributed by atoms with Crippen LogP contribution in [0.25, 0.3) is 0 Å². The van der Waals surface area contributed by atoms with Crippen molar-refractivity contribution in [3.63, 3.8) is 0 Å². The first kappa shape index (κ1) is 33.5. The molecule has 232 valence electrons. The van der Waals surface area contributed by atoms with E-state index in [4.69, 9.17) is 28.4 Å². The minimum absolute atomic E-state index is 0.00544. The van der Waals surface area contributed by atoms with Crippen LogP contribution < -0.4 is 0 Å². The van der Waals surface area contributed by atoms with Crippen LogP contribution in [0, 0.1) is 22.7 Å². The number of rotatable bonds is 14. The van der Waals surface area contributed by atoms with E-state index in [2.05, 4.69) is 40.3 Å². The first-order valence-electron chi connectivity index (χ1n) is 15.3. The first-order chi connectivity index (χ1) is 19.5. The Bertz CT molecular complexity index is 988. The van der Waals surface area contributed by atoms with Crippen molar-refractivity contribution in [2.45, 2.75) is 118 Å². The molecule has 1 spiro atoms. The molecule has 8 heteroatoms. The van der Waals surface area contributed by atoms with Gasteiger partial charge >= 0.3 is 11.9 Å². The molecule has 1 aliphatic heterocycles. The normalized spacial score (nSPS) is 36.6. The van der Waals surface area contributed by atoms with Gasteiger partial charge < -0.3 is 28.4 Å². The minimum Gasteiger partial charge on any atom is -0.459 e. The van der Waals surface area contributed by atoms with E-state index >= 15 is 0 Å². The van der Waals surface area contributed by atoms with Gasteiger partial charge in [-0.1, -0.05) is 64.8 Å². The van der Waals surface area contributed by atoms with Crippen molar-refractivity contribution in [3.05, 3.63) is 36.0 Å². The molecule has 0 amide bonds. The smallest absolute Gasteiger partial charge is 0.305 e. The van der Waals surface area contributed by atoms with Crippen LogP contribution in [-0.4, -0.2) is 63.2 Å². The van der Waals surface area contributed by atoms with E-state index < -0.39 is 42.1 Å². The van der Waals surface area contributed by atoms with Gasteiger partial charge in [0, 0.05) is 39.7 Å². The van der Waals surface area contributed by atoms with Gasteiger partial charge in [-0.05, 0) is 55.9 Å². The lowest BCUT2D eigenvalue weighted by Crippen LogP contribution is -2.69. The molecule has 9 atom stereocenters. The van der Waals surface area contributed by atoms with Gasteiger partial charge in [-0.25, -0.2) is 0 Å². The Labute approximate surface area is 246 Å². The molecule has 3 aliphatic rings. The Morgan fingerprint density at radius 2 is 1.71 bits per heavy atom. The van der Waals surface area contributed by atoms with E-state index in [1.807, 2.05) is 19.1 Å². The second kappa shape index (κ2) is 14.5. The van der Waals surface area contributed by atoms with Crippen LogP contribution in [0.5, 0.6) is 0 Å². The fraction of sp³-hybridized carbons (Fsp3) is 0.758. The standard InChI is InChI=1S/C33H52O8/c1-10-13-17-37-28-22(5)32(8,16-15-21(4)12-3)27-20-25(36-9)19-26-30(40-24(7)35)41-31(38-18-14-11-2)33(26,27)29(28)39-23(6)34/h12,15,19,22,25,27-31H,3,10-11,13-14,16-18,20H2,1-2,4-9H3/b21-15-/t22-,25+,27+,28-,29+,30+,31-,32-,33?/m1/s1. The largest absolute Gasteiger partial charge is 0.459 e. The third-order valence-electron chi connectivity index (χ3n) is 9.53. The first-order valence-corrected chi connectivity index (χ1v) is 15.3. The van der Waals surface area contributed by atoms with E-state index in [9.17, 15) is 9.59 Å². The molecule has 0 bridgehead atoms. The summed E-state index contributed by atoms with van der Waals surface area (Å²) in [6.07, 6.45) is 7.91. The van der Waals surface area contributed by atoms with E-state index in [0.29, 0.717) is 19.6 Å². The van der Waals surface area contributed by atoms with Gasteiger partial charge in [-0.3, -0.25) is 9.59 Å². The fourth-order valence-electron chi connectivity index (χ4n) is 7.11. The average molecular weight is 577 g/mol. The molecule has 0 aromatic heterocycles. The second-order valence-corrected chi connectivity index (χ2v) is 12.1. The van der Waals surface area contributed by atoms with E-state index in [1.54, 1.807) is 7.11 Å². The Kier molecular flexibility index (Phi) is 11.8. The van der Waals surface area contributed by atoms with Crippen molar-refractivity contribution in [2.24, 2.45) is 22.7 Å². The zero-order valence-corrected chi connectivity index (χ0v) is 26.4. The zero-order chi connectivity index (χ0) is 30.4. The number of ether oxygens (including phenoxy) is 6. The molecule has 0 radical (unpaired) electrons. The number of hydrogen-bond acceptors (Lipinski definition) is 8. The van der Waals surface area contributed by atoms with Crippen LogP contribution in [0.4, 0.5) is 0 Å². The summed E-state index contributed by atoms with van der Waals surface area (Å²) in [5.41, 5.74) is 0.511. The Morgan fingerprint density at radius 1 is 1.07 bits per heavy atom. The van der Waals surface area contributed by atoms with E-state index in [1.165, 1.54) is 13.8 Å². The molecule has 0 N–H and O–H groups in total. The van der Waals surface area contributed by atoms with Gasteiger partial charge in [-0.2, -0.15) is 0 Å². The van der Waals surface area contributed by atoms with Gasteiger partial charge in [0.2, 0.25) is 6.29 Å².